The van der Waals surface area contributed by atoms with Crippen molar-refractivity contribution in [2.75, 3.05) is 6.61 Å². The molecule has 1 N–H and O–H groups in total. The average Bonchev–Trinajstić information content (AvgIpc) is 3.17. The Bertz CT molecular complexity index is 1060. The molecule has 3 rings (SSSR count). The van der Waals surface area contributed by atoms with Gasteiger partial charge in [-0.1, -0.05) is 18.9 Å². The van der Waals surface area contributed by atoms with E-state index in [1.54, 1.807) is 6.92 Å². The second-order valence-electron chi connectivity index (χ2n) is 7.42. The molecule has 166 valence electrons. The number of nitrogens with zero attached hydrogens (tertiary/aromatic N) is 2. The van der Waals surface area contributed by atoms with Crippen LogP contribution in [0.15, 0.2) is 35.1 Å². The van der Waals surface area contributed by atoms with Gasteiger partial charge in [0.15, 0.2) is 5.69 Å². The lowest BCUT2D eigenvalue weighted by Gasteiger charge is -2.27. The number of carbonyl (C=O) groups is 2. The third kappa shape index (κ3) is 4.62. The Kier molecular flexibility index (Phi) is 6.19. The van der Waals surface area contributed by atoms with E-state index in [-0.39, 0.29) is 18.0 Å². The van der Waals surface area contributed by atoms with Crippen molar-refractivity contribution in [1.29, 1.82) is 0 Å². The fourth-order valence-electron chi connectivity index (χ4n) is 3.68. The molecule has 1 aromatic carbocycles. The summed E-state index contributed by atoms with van der Waals surface area (Å²) in [6, 6.07) is 5.51. The molecule has 0 atom stereocenters. The number of alkyl halides is 3. The number of esters is 1. The molecular weight excluding hydrogens is 415 g/mol. The Morgan fingerprint density at radius 3 is 2.52 bits per heavy atom. The van der Waals surface area contributed by atoms with Crippen LogP contribution in [0.3, 0.4) is 0 Å². The fraction of sp³-hybridized carbons (Fsp3) is 0.429. The summed E-state index contributed by atoms with van der Waals surface area (Å²) >= 11 is 0. The maximum Gasteiger partial charge on any atom is 0.416 e. The third-order valence-corrected chi connectivity index (χ3v) is 5.22. The zero-order valence-electron chi connectivity index (χ0n) is 17.1. The van der Waals surface area contributed by atoms with Gasteiger partial charge in [0.1, 0.15) is 5.54 Å². The van der Waals surface area contributed by atoms with Gasteiger partial charge < -0.3 is 10.1 Å². The number of hydrogen-bond donors (Lipinski definition) is 1. The molecule has 1 saturated carbocycles. The lowest BCUT2D eigenvalue weighted by atomic mass is 9.97. The number of aromatic nitrogens is 2. The van der Waals surface area contributed by atoms with Crippen molar-refractivity contribution >= 4 is 11.9 Å². The minimum atomic E-state index is -4.56. The van der Waals surface area contributed by atoms with Gasteiger partial charge in [-0.3, -0.25) is 9.59 Å². The number of amides is 1. The predicted molar refractivity (Wildman–Crippen MR) is 105 cm³/mol. The van der Waals surface area contributed by atoms with E-state index in [9.17, 15) is 27.6 Å². The van der Waals surface area contributed by atoms with Gasteiger partial charge in [0.25, 0.3) is 5.91 Å². The first-order valence-electron chi connectivity index (χ1n) is 9.86. The Balaban J connectivity index is 1.99. The molecule has 0 aliphatic heterocycles. The highest BCUT2D eigenvalue weighted by atomic mass is 19.4. The SMILES string of the molecule is CCOC(=O)C1(NC(=O)c2nn(-c3cccc(C(F)(F)F)c3)c(C)cc2=O)CCCC1. The van der Waals surface area contributed by atoms with Crippen LogP contribution in [0.5, 0.6) is 0 Å². The van der Waals surface area contributed by atoms with Gasteiger partial charge in [-0.05, 0) is 44.9 Å². The zero-order chi connectivity index (χ0) is 22.8. The van der Waals surface area contributed by atoms with E-state index in [1.165, 1.54) is 19.1 Å². The van der Waals surface area contributed by atoms with Crippen LogP contribution in [-0.2, 0) is 15.7 Å². The normalized spacial score (nSPS) is 15.5. The molecule has 1 aliphatic carbocycles. The Labute approximate surface area is 176 Å². The van der Waals surface area contributed by atoms with E-state index in [0.29, 0.717) is 25.7 Å². The van der Waals surface area contributed by atoms with Gasteiger partial charge in [0.2, 0.25) is 5.43 Å². The molecule has 2 aromatic rings. The average molecular weight is 437 g/mol. The molecule has 7 nitrogen and oxygen atoms in total. The standard InChI is InChI=1S/C21H22F3N3O4/c1-3-31-19(30)20(9-4-5-10-20)25-18(29)17-16(28)11-13(2)27(26-17)15-8-6-7-14(12-15)21(22,23)24/h6-8,11-12H,3-5,9-10H2,1-2H3,(H,25,29). The third-order valence-electron chi connectivity index (χ3n) is 5.22. The molecule has 1 fully saturated rings. The molecule has 0 bridgehead atoms. The molecule has 1 heterocycles. The van der Waals surface area contributed by atoms with Crippen LogP contribution in [-0.4, -0.2) is 33.8 Å². The first-order chi connectivity index (χ1) is 14.6. The monoisotopic (exact) mass is 437 g/mol. The first-order valence-corrected chi connectivity index (χ1v) is 9.86. The molecule has 0 spiro atoms. The van der Waals surface area contributed by atoms with E-state index >= 15 is 0 Å². The lowest BCUT2D eigenvalue weighted by molar-refractivity contribution is -0.150. The van der Waals surface area contributed by atoms with Crippen molar-refractivity contribution in [3.8, 4) is 5.69 Å². The highest BCUT2D eigenvalue weighted by molar-refractivity contribution is 5.96. The fourth-order valence-corrected chi connectivity index (χ4v) is 3.68. The van der Waals surface area contributed by atoms with Gasteiger partial charge in [-0.25, -0.2) is 9.48 Å². The van der Waals surface area contributed by atoms with Crippen LogP contribution in [0.1, 0.15) is 54.4 Å². The maximum absolute atomic E-state index is 13.1. The van der Waals surface area contributed by atoms with Crippen LogP contribution < -0.4 is 10.7 Å². The number of rotatable bonds is 5. The quantitative estimate of drug-likeness (QED) is 0.726. The molecule has 0 unspecified atom stereocenters. The molecule has 1 aromatic heterocycles. The van der Waals surface area contributed by atoms with Crippen molar-refractivity contribution in [3.05, 3.63) is 57.5 Å². The second-order valence-corrected chi connectivity index (χ2v) is 7.42. The molecule has 0 radical (unpaired) electrons. The molecule has 1 amide bonds. The summed E-state index contributed by atoms with van der Waals surface area (Å²) in [6.45, 7) is 3.28. The number of halogens is 3. The van der Waals surface area contributed by atoms with Crippen molar-refractivity contribution in [2.24, 2.45) is 0 Å². The summed E-state index contributed by atoms with van der Waals surface area (Å²) in [4.78, 5) is 37.8. The van der Waals surface area contributed by atoms with E-state index in [4.69, 9.17) is 4.74 Å². The van der Waals surface area contributed by atoms with Gasteiger partial charge in [0, 0.05) is 11.8 Å². The highest BCUT2D eigenvalue weighted by Crippen LogP contribution is 2.32. The van der Waals surface area contributed by atoms with Crippen LogP contribution in [0.25, 0.3) is 5.69 Å². The minimum absolute atomic E-state index is 0.0438. The summed E-state index contributed by atoms with van der Waals surface area (Å²) in [5.41, 5.74) is -3.05. The largest absolute Gasteiger partial charge is 0.464 e. The predicted octanol–water partition coefficient (Wildman–Crippen LogP) is 3.17. The van der Waals surface area contributed by atoms with Crippen LogP contribution in [0.2, 0.25) is 0 Å². The minimum Gasteiger partial charge on any atom is -0.464 e. The Morgan fingerprint density at radius 2 is 1.90 bits per heavy atom. The molecule has 0 saturated heterocycles. The molecule has 31 heavy (non-hydrogen) atoms. The van der Waals surface area contributed by atoms with E-state index < -0.39 is 40.3 Å². The molecule has 1 aliphatic rings. The van der Waals surface area contributed by atoms with E-state index in [1.807, 2.05) is 0 Å². The van der Waals surface area contributed by atoms with Crippen LogP contribution >= 0.6 is 0 Å². The first kappa shape index (κ1) is 22.5. The topological polar surface area (TPSA) is 90.3 Å². The zero-order valence-corrected chi connectivity index (χ0v) is 17.1. The van der Waals surface area contributed by atoms with E-state index in [2.05, 4.69) is 10.4 Å². The van der Waals surface area contributed by atoms with Gasteiger partial charge in [-0.15, -0.1) is 0 Å². The molecule has 10 heteroatoms. The van der Waals surface area contributed by atoms with Gasteiger partial charge >= 0.3 is 12.1 Å². The number of hydrogen-bond acceptors (Lipinski definition) is 5. The van der Waals surface area contributed by atoms with Crippen molar-refractivity contribution in [2.45, 2.75) is 51.2 Å². The summed E-state index contributed by atoms with van der Waals surface area (Å²) in [6.07, 6.45) is -2.42. The second kappa shape index (κ2) is 8.52. The van der Waals surface area contributed by atoms with Crippen molar-refractivity contribution in [1.82, 2.24) is 15.1 Å². The Morgan fingerprint density at radius 1 is 1.23 bits per heavy atom. The van der Waals surface area contributed by atoms with E-state index in [0.717, 1.165) is 22.9 Å². The maximum atomic E-state index is 13.1. The van der Waals surface area contributed by atoms with Crippen molar-refractivity contribution in [3.63, 3.8) is 0 Å². The smallest absolute Gasteiger partial charge is 0.416 e. The number of benzene rings is 1. The number of carbonyl (C=O) groups excluding carboxylic acids is 2. The molecular formula is C21H22F3N3O4. The number of ether oxygens (including phenoxy) is 1. The number of nitrogens with one attached hydrogen (secondary N) is 1. The summed E-state index contributed by atoms with van der Waals surface area (Å²) < 4.78 is 45.4. The Hall–Kier alpha value is -3.17. The van der Waals surface area contributed by atoms with Crippen molar-refractivity contribution < 1.29 is 27.5 Å². The van der Waals surface area contributed by atoms with Gasteiger partial charge in [-0.2, -0.15) is 18.3 Å². The number of aryl methyl sites for hydroxylation is 1. The van der Waals surface area contributed by atoms with Gasteiger partial charge in [0.05, 0.1) is 17.9 Å². The summed E-state index contributed by atoms with van der Waals surface area (Å²) in [5, 5.41) is 6.61. The van der Waals surface area contributed by atoms with Crippen LogP contribution in [0, 0.1) is 6.92 Å². The summed E-state index contributed by atoms with van der Waals surface area (Å²) in [7, 11) is 0. The summed E-state index contributed by atoms with van der Waals surface area (Å²) in [5.74, 6) is -1.45. The highest BCUT2D eigenvalue weighted by Gasteiger charge is 2.44. The lowest BCUT2D eigenvalue weighted by Crippen LogP contribution is -2.54. The van der Waals surface area contributed by atoms with Crippen LogP contribution in [0.4, 0.5) is 13.2 Å².